The van der Waals surface area contributed by atoms with Crippen LogP contribution < -0.4 is 0 Å². The summed E-state index contributed by atoms with van der Waals surface area (Å²) in [6.45, 7) is 0. The van der Waals surface area contributed by atoms with Gasteiger partial charge in [-0.3, -0.25) is 4.79 Å². The maximum Gasteiger partial charge on any atom is 0.307 e. The molecule has 1 rings (SSSR count). The highest BCUT2D eigenvalue weighted by atomic mass is 35.5. The number of hydrogen-bond acceptors (Lipinski definition) is 2. The lowest BCUT2D eigenvalue weighted by Crippen LogP contribution is -2.04. The fraction of sp³-hybridized carbons (Fsp3) is 0.250. The molecule has 1 N–H and O–H groups in total. The number of hydrogen-bond donors (Lipinski definition) is 1. The molecule has 0 saturated heterocycles. The molecule has 0 unspecified atom stereocenters. The Balaban J connectivity index is 3.21. The average Bonchev–Trinajstić information content (AvgIpc) is 2.09. The SMILES string of the molecule is O=C(O)Cc1cc(Cl)nc(C(F)F)c1Cl. The van der Waals surface area contributed by atoms with Crippen LogP contribution in [0.4, 0.5) is 8.78 Å². The molecule has 0 radical (unpaired) electrons. The van der Waals surface area contributed by atoms with E-state index in [1.807, 2.05) is 0 Å². The van der Waals surface area contributed by atoms with Gasteiger partial charge < -0.3 is 5.11 Å². The molecule has 0 aromatic carbocycles. The molecule has 0 aliphatic rings. The topological polar surface area (TPSA) is 50.2 Å². The second-order valence-corrected chi connectivity index (χ2v) is 3.44. The number of pyridine rings is 1. The number of nitrogens with zero attached hydrogens (tertiary/aromatic N) is 1. The predicted octanol–water partition coefficient (Wildman–Crippen LogP) is 2.95. The van der Waals surface area contributed by atoms with Gasteiger partial charge in [-0.05, 0) is 11.6 Å². The van der Waals surface area contributed by atoms with Crippen LogP contribution >= 0.6 is 23.2 Å². The van der Waals surface area contributed by atoms with Crippen LogP contribution in [0.1, 0.15) is 17.7 Å². The molecular weight excluding hydrogens is 251 g/mol. The zero-order valence-electron chi connectivity index (χ0n) is 7.18. The minimum atomic E-state index is -2.89. The summed E-state index contributed by atoms with van der Waals surface area (Å²) < 4.78 is 24.7. The smallest absolute Gasteiger partial charge is 0.307 e. The highest BCUT2D eigenvalue weighted by Crippen LogP contribution is 2.30. The predicted molar refractivity (Wildman–Crippen MR) is 50.6 cm³/mol. The van der Waals surface area contributed by atoms with E-state index in [1.165, 1.54) is 0 Å². The lowest BCUT2D eigenvalue weighted by atomic mass is 10.1. The molecule has 3 nitrogen and oxygen atoms in total. The summed E-state index contributed by atoms with van der Waals surface area (Å²) in [6, 6.07) is 1.16. The van der Waals surface area contributed by atoms with E-state index < -0.39 is 24.5 Å². The molecule has 1 aromatic rings. The van der Waals surface area contributed by atoms with Crippen molar-refractivity contribution in [2.45, 2.75) is 12.8 Å². The van der Waals surface area contributed by atoms with Crippen molar-refractivity contribution in [2.75, 3.05) is 0 Å². The Kier molecular flexibility index (Phi) is 3.82. The van der Waals surface area contributed by atoms with Gasteiger partial charge in [0.05, 0.1) is 11.4 Å². The third-order valence-corrected chi connectivity index (χ3v) is 2.21. The Hall–Kier alpha value is -0.940. The average molecular weight is 256 g/mol. The van der Waals surface area contributed by atoms with E-state index in [9.17, 15) is 13.6 Å². The van der Waals surface area contributed by atoms with Gasteiger partial charge in [0.2, 0.25) is 0 Å². The summed E-state index contributed by atoms with van der Waals surface area (Å²) in [5, 5.41) is 7.95. The van der Waals surface area contributed by atoms with E-state index in [0.717, 1.165) is 6.07 Å². The van der Waals surface area contributed by atoms with Crippen molar-refractivity contribution in [1.82, 2.24) is 4.98 Å². The minimum absolute atomic E-state index is 0.0273. The summed E-state index contributed by atoms with van der Waals surface area (Å²) in [5.41, 5.74) is -0.667. The van der Waals surface area contributed by atoms with Crippen molar-refractivity contribution < 1.29 is 18.7 Å². The van der Waals surface area contributed by atoms with Gasteiger partial charge >= 0.3 is 5.97 Å². The summed E-state index contributed by atoms with van der Waals surface area (Å²) in [6.07, 6.45) is -3.36. The molecule has 0 amide bonds. The van der Waals surface area contributed by atoms with Crippen molar-refractivity contribution in [3.05, 3.63) is 27.5 Å². The number of aliphatic carboxylic acids is 1. The zero-order valence-corrected chi connectivity index (χ0v) is 8.69. The highest BCUT2D eigenvalue weighted by molar-refractivity contribution is 6.33. The minimum Gasteiger partial charge on any atom is -0.481 e. The Bertz CT molecular complexity index is 398. The van der Waals surface area contributed by atoms with Crippen LogP contribution in [0.2, 0.25) is 10.2 Å². The first-order valence-corrected chi connectivity index (χ1v) is 4.52. The molecule has 1 heterocycles. The second kappa shape index (κ2) is 4.72. The molecule has 7 heteroatoms. The van der Waals surface area contributed by atoms with Gasteiger partial charge in [0.15, 0.2) is 0 Å². The number of rotatable bonds is 3. The first-order valence-electron chi connectivity index (χ1n) is 3.76. The van der Waals surface area contributed by atoms with Crippen LogP contribution in [-0.4, -0.2) is 16.1 Å². The summed E-state index contributed by atoms with van der Waals surface area (Å²) in [4.78, 5) is 13.7. The monoisotopic (exact) mass is 255 g/mol. The number of halogens is 4. The maximum absolute atomic E-state index is 12.4. The Morgan fingerprint density at radius 2 is 2.13 bits per heavy atom. The standard InChI is InChI=1S/C8H5Cl2F2NO2/c9-4-1-3(2-5(14)15)6(10)7(13-4)8(11)12/h1,8H,2H2,(H,14,15). The molecule has 0 aliphatic carbocycles. The lowest BCUT2D eigenvalue weighted by Gasteiger charge is -2.07. The van der Waals surface area contributed by atoms with Crippen molar-refractivity contribution in [3.8, 4) is 0 Å². The van der Waals surface area contributed by atoms with E-state index in [1.54, 1.807) is 0 Å². The molecular formula is C8H5Cl2F2NO2. The normalized spacial score (nSPS) is 10.7. The second-order valence-electron chi connectivity index (χ2n) is 2.67. The summed E-state index contributed by atoms with van der Waals surface area (Å²) in [7, 11) is 0. The van der Waals surface area contributed by atoms with Crippen molar-refractivity contribution in [2.24, 2.45) is 0 Å². The van der Waals surface area contributed by atoms with Crippen molar-refractivity contribution >= 4 is 29.2 Å². The number of carboxylic acids is 1. The van der Waals surface area contributed by atoms with Gasteiger partial charge in [0.1, 0.15) is 10.8 Å². The van der Waals surface area contributed by atoms with E-state index in [4.69, 9.17) is 28.3 Å². The van der Waals surface area contributed by atoms with Crippen LogP contribution in [-0.2, 0) is 11.2 Å². The fourth-order valence-corrected chi connectivity index (χ4v) is 1.47. The number of aromatic nitrogens is 1. The van der Waals surface area contributed by atoms with Gasteiger partial charge in [-0.15, -0.1) is 0 Å². The molecule has 0 aliphatic heterocycles. The quantitative estimate of drug-likeness (QED) is 0.846. The lowest BCUT2D eigenvalue weighted by molar-refractivity contribution is -0.136. The molecule has 0 atom stereocenters. The molecule has 15 heavy (non-hydrogen) atoms. The first kappa shape index (κ1) is 12.1. The molecule has 0 saturated carbocycles. The van der Waals surface area contributed by atoms with Crippen LogP contribution in [0, 0.1) is 0 Å². The maximum atomic E-state index is 12.4. The van der Waals surface area contributed by atoms with Gasteiger partial charge in [-0.25, -0.2) is 13.8 Å². The molecule has 82 valence electrons. The van der Waals surface area contributed by atoms with Gasteiger partial charge in [-0.1, -0.05) is 23.2 Å². The fourth-order valence-electron chi connectivity index (χ4n) is 1.00. The van der Waals surface area contributed by atoms with E-state index in [2.05, 4.69) is 4.98 Å². The molecule has 0 bridgehead atoms. The highest BCUT2D eigenvalue weighted by Gasteiger charge is 2.19. The summed E-state index contributed by atoms with van der Waals surface area (Å²) >= 11 is 11.0. The van der Waals surface area contributed by atoms with Gasteiger partial charge in [0.25, 0.3) is 6.43 Å². The zero-order chi connectivity index (χ0) is 11.6. The molecule has 1 aromatic heterocycles. The van der Waals surface area contributed by atoms with Crippen LogP contribution in [0.3, 0.4) is 0 Å². The van der Waals surface area contributed by atoms with Crippen LogP contribution in [0.25, 0.3) is 0 Å². The van der Waals surface area contributed by atoms with Gasteiger partial charge in [0, 0.05) is 0 Å². The number of alkyl halides is 2. The molecule has 0 fully saturated rings. The Labute approximate surface area is 93.6 Å². The molecule has 0 spiro atoms. The van der Waals surface area contributed by atoms with E-state index in [0.29, 0.717) is 0 Å². The van der Waals surface area contributed by atoms with Gasteiger partial charge in [-0.2, -0.15) is 0 Å². The van der Waals surface area contributed by atoms with E-state index >= 15 is 0 Å². The number of carboxylic acid groups (broad SMARTS) is 1. The van der Waals surface area contributed by atoms with Crippen LogP contribution in [0.15, 0.2) is 6.07 Å². The Morgan fingerprint density at radius 1 is 1.53 bits per heavy atom. The first-order chi connectivity index (χ1) is 6.91. The number of carbonyl (C=O) groups is 1. The van der Waals surface area contributed by atoms with Crippen LogP contribution in [0.5, 0.6) is 0 Å². The van der Waals surface area contributed by atoms with E-state index in [-0.39, 0.29) is 15.7 Å². The Morgan fingerprint density at radius 3 is 2.60 bits per heavy atom. The van der Waals surface area contributed by atoms with Crippen molar-refractivity contribution in [1.29, 1.82) is 0 Å². The third kappa shape index (κ3) is 3.00. The largest absolute Gasteiger partial charge is 0.481 e. The summed E-state index contributed by atoms with van der Waals surface area (Å²) in [5.74, 6) is -1.18. The third-order valence-electron chi connectivity index (χ3n) is 1.58. The van der Waals surface area contributed by atoms with Crippen molar-refractivity contribution in [3.63, 3.8) is 0 Å².